The maximum atomic E-state index is 12.1. The summed E-state index contributed by atoms with van der Waals surface area (Å²) < 4.78 is 0. The van der Waals surface area contributed by atoms with Crippen LogP contribution in [0.25, 0.3) is 10.6 Å². The molecule has 0 radical (unpaired) electrons. The van der Waals surface area contributed by atoms with Crippen LogP contribution < -0.4 is 5.32 Å². The molecular weight excluding hydrogens is 302 g/mol. The fourth-order valence-corrected chi connectivity index (χ4v) is 3.17. The number of rotatable bonds is 4. The topological polar surface area (TPSA) is 54.9 Å². The van der Waals surface area contributed by atoms with E-state index in [9.17, 15) is 4.79 Å². The van der Waals surface area contributed by atoms with E-state index in [4.69, 9.17) is 0 Å². The van der Waals surface area contributed by atoms with Crippen LogP contribution in [0.15, 0.2) is 41.2 Å². The molecule has 6 heteroatoms. The average Bonchev–Trinajstić information content (AvgIpc) is 3.18. The van der Waals surface area contributed by atoms with Crippen LogP contribution >= 0.6 is 22.7 Å². The maximum Gasteiger partial charge on any atom is 0.276 e. The van der Waals surface area contributed by atoms with E-state index in [1.54, 1.807) is 11.6 Å². The van der Waals surface area contributed by atoms with E-state index >= 15 is 0 Å². The van der Waals surface area contributed by atoms with Gasteiger partial charge in [-0.05, 0) is 12.0 Å². The molecule has 21 heavy (non-hydrogen) atoms. The van der Waals surface area contributed by atoms with Gasteiger partial charge in [0.15, 0.2) is 5.13 Å². The second kappa shape index (κ2) is 6.15. The summed E-state index contributed by atoms with van der Waals surface area (Å²) in [7, 11) is 0. The number of nitrogens with one attached hydrogen (secondary N) is 1. The van der Waals surface area contributed by atoms with Crippen LogP contribution in [0.2, 0.25) is 0 Å². The van der Waals surface area contributed by atoms with Crippen molar-refractivity contribution in [3.05, 3.63) is 52.5 Å². The number of hydrogen-bond donors (Lipinski definition) is 1. The number of hydrogen-bond acceptors (Lipinski definition) is 5. The highest BCUT2D eigenvalue weighted by atomic mass is 32.1. The molecule has 2 heterocycles. The molecule has 0 spiro atoms. The highest BCUT2D eigenvalue weighted by molar-refractivity contribution is 7.14. The molecule has 0 saturated heterocycles. The Hall–Kier alpha value is -2.05. The summed E-state index contributed by atoms with van der Waals surface area (Å²) in [4.78, 5) is 20.5. The molecule has 0 fully saturated rings. The van der Waals surface area contributed by atoms with Crippen LogP contribution in [0.1, 0.15) is 23.0 Å². The van der Waals surface area contributed by atoms with Crippen molar-refractivity contribution in [3.8, 4) is 10.6 Å². The zero-order chi connectivity index (χ0) is 14.7. The van der Waals surface area contributed by atoms with Crippen molar-refractivity contribution < 1.29 is 4.79 Å². The normalized spacial score (nSPS) is 10.5. The molecule has 1 aromatic carbocycles. The van der Waals surface area contributed by atoms with E-state index < -0.39 is 0 Å². The van der Waals surface area contributed by atoms with E-state index in [1.165, 1.54) is 28.2 Å². The molecule has 1 amide bonds. The van der Waals surface area contributed by atoms with Gasteiger partial charge in [0.1, 0.15) is 10.7 Å². The molecule has 106 valence electrons. The number of amides is 1. The Labute approximate surface area is 130 Å². The number of aryl methyl sites for hydroxylation is 1. The number of carbonyl (C=O) groups is 1. The molecule has 0 unspecified atom stereocenters. The first-order valence-electron chi connectivity index (χ1n) is 6.52. The number of nitrogens with zero attached hydrogens (tertiary/aromatic N) is 2. The monoisotopic (exact) mass is 315 g/mol. The van der Waals surface area contributed by atoms with Gasteiger partial charge in [0.2, 0.25) is 0 Å². The summed E-state index contributed by atoms with van der Waals surface area (Å²) in [5, 5.41) is 7.75. The first kappa shape index (κ1) is 13.9. The van der Waals surface area contributed by atoms with Crippen molar-refractivity contribution in [2.45, 2.75) is 13.3 Å². The molecule has 0 aliphatic rings. The highest BCUT2D eigenvalue weighted by Crippen LogP contribution is 2.24. The summed E-state index contributed by atoms with van der Waals surface area (Å²) >= 11 is 2.85. The molecule has 0 bridgehead atoms. The van der Waals surface area contributed by atoms with Gasteiger partial charge in [0.05, 0.1) is 0 Å². The highest BCUT2D eigenvalue weighted by Gasteiger charge is 2.12. The molecule has 0 aliphatic heterocycles. The van der Waals surface area contributed by atoms with Crippen molar-refractivity contribution in [3.63, 3.8) is 0 Å². The fraction of sp³-hybridized carbons (Fsp3) is 0.133. The summed E-state index contributed by atoms with van der Waals surface area (Å²) in [6.07, 6.45) is 2.67. The maximum absolute atomic E-state index is 12.1. The van der Waals surface area contributed by atoms with Crippen molar-refractivity contribution >= 4 is 33.7 Å². The van der Waals surface area contributed by atoms with E-state index in [1.807, 2.05) is 17.5 Å². The first-order valence-corrected chi connectivity index (χ1v) is 8.28. The zero-order valence-corrected chi connectivity index (χ0v) is 13.0. The van der Waals surface area contributed by atoms with Crippen LogP contribution in [0.5, 0.6) is 0 Å². The van der Waals surface area contributed by atoms with E-state index in [2.05, 4.69) is 34.3 Å². The Morgan fingerprint density at radius 3 is 2.71 bits per heavy atom. The van der Waals surface area contributed by atoms with Crippen molar-refractivity contribution in [2.24, 2.45) is 0 Å². The lowest BCUT2D eigenvalue weighted by molar-refractivity contribution is 0.102. The number of anilines is 1. The molecular formula is C15H13N3OS2. The van der Waals surface area contributed by atoms with Crippen LogP contribution in [0.4, 0.5) is 5.13 Å². The van der Waals surface area contributed by atoms with Gasteiger partial charge in [-0.25, -0.2) is 9.97 Å². The molecule has 0 atom stereocenters. The average molecular weight is 315 g/mol. The van der Waals surface area contributed by atoms with Crippen molar-refractivity contribution in [1.29, 1.82) is 0 Å². The Balaban J connectivity index is 1.77. The number of benzene rings is 1. The standard InChI is InChI=1S/C15H13N3OS2/c1-2-10-3-5-11(6-4-10)14-17-12(9-21-14)13(19)18-15-16-7-8-20-15/h3-9H,2H2,1H3,(H,16,18,19). The Kier molecular flexibility index (Phi) is 4.08. The molecule has 1 N–H and O–H groups in total. The fourth-order valence-electron chi connectivity index (χ4n) is 1.84. The van der Waals surface area contributed by atoms with Crippen molar-refractivity contribution in [2.75, 3.05) is 5.32 Å². The van der Waals surface area contributed by atoms with Gasteiger partial charge in [0.25, 0.3) is 5.91 Å². The largest absolute Gasteiger partial charge is 0.296 e. The third-order valence-corrected chi connectivity index (χ3v) is 4.58. The molecule has 3 rings (SSSR count). The molecule has 0 saturated carbocycles. The van der Waals surface area contributed by atoms with Gasteiger partial charge < -0.3 is 0 Å². The summed E-state index contributed by atoms with van der Waals surface area (Å²) in [5.74, 6) is -0.224. The number of thiazole rings is 2. The number of carbonyl (C=O) groups excluding carboxylic acids is 1. The van der Waals surface area contributed by atoms with Crippen LogP contribution in [0, 0.1) is 0 Å². The molecule has 4 nitrogen and oxygen atoms in total. The van der Waals surface area contributed by atoms with E-state index in [0.717, 1.165) is 17.0 Å². The SMILES string of the molecule is CCc1ccc(-c2nc(C(=O)Nc3nccs3)cs2)cc1. The third kappa shape index (κ3) is 3.17. The minimum Gasteiger partial charge on any atom is -0.296 e. The predicted octanol–water partition coefficient (Wildman–Crippen LogP) is 4.08. The summed E-state index contributed by atoms with van der Waals surface area (Å²) in [6.45, 7) is 2.12. The lowest BCUT2D eigenvalue weighted by atomic mass is 10.1. The van der Waals surface area contributed by atoms with Crippen LogP contribution in [0.3, 0.4) is 0 Å². The minimum absolute atomic E-state index is 0.224. The van der Waals surface area contributed by atoms with E-state index in [-0.39, 0.29) is 5.91 Å². The second-order valence-corrected chi connectivity index (χ2v) is 6.13. The Morgan fingerprint density at radius 1 is 1.24 bits per heavy atom. The lowest BCUT2D eigenvalue weighted by Crippen LogP contribution is -2.11. The quantitative estimate of drug-likeness (QED) is 0.789. The van der Waals surface area contributed by atoms with Gasteiger partial charge in [-0.2, -0.15) is 0 Å². The third-order valence-electron chi connectivity index (χ3n) is 3.00. The van der Waals surface area contributed by atoms with Gasteiger partial charge in [0, 0.05) is 22.5 Å². The second-order valence-electron chi connectivity index (χ2n) is 4.38. The summed E-state index contributed by atoms with van der Waals surface area (Å²) in [6, 6.07) is 8.26. The number of aromatic nitrogens is 2. The Bertz CT molecular complexity index is 733. The van der Waals surface area contributed by atoms with Crippen molar-refractivity contribution in [1.82, 2.24) is 9.97 Å². The van der Waals surface area contributed by atoms with Gasteiger partial charge in [-0.15, -0.1) is 22.7 Å². The molecule has 0 aliphatic carbocycles. The van der Waals surface area contributed by atoms with Gasteiger partial charge >= 0.3 is 0 Å². The first-order chi connectivity index (χ1) is 10.3. The Morgan fingerprint density at radius 2 is 2.05 bits per heavy atom. The van der Waals surface area contributed by atoms with E-state index in [0.29, 0.717) is 10.8 Å². The lowest BCUT2D eigenvalue weighted by Gasteiger charge is -1.99. The molecule has 3 aromatic rings. The van der Waals surface area contributed by atoms with Gasteiger partial charge in [-0.3, -0.25) is 10.1 Å². The minimum atomic E-state index is -0.224. The molecule has 2 aromatic heterocycles. The van der Waals surface area contributed by atoms with Crippen LogP contribution in [-0.2, 0) is 6.42 Å². The summed E-state index contributed by atoms with van der Waals surface area (Å²) in [5.41, 5.74) is 2.74. The smallest absolute Gasteiger partial charge is 0.276 e. The van der Waals surface area contributed by atoms with Gasteiger partial charge in [-0.1, -0.05) is 31.2 Å². The zero-order valence-electron chi connectivity index (χ0n) is 11.4. The predicted molar refractivity (Wildman–Crippen MR) is 87.0 cm³/mol. The van der Waals surface area contributed by atoms with Crippen LogP contribution in [-0.4, -0.2) is 15.9 Å².